The SMILES string of the molecule is C=Cc1nn(C2CCCCO2)c2cnc(-c3c(C)nn(C)c3OC(CC)NC)cc12. The number of ether oxygens (including phenoxy) is 2. The highest BCUT2D eigenvalue weighted by Gasteiger charge is 2.24. The van der Waals surface area contributed by atoms with Crippen molar-refractivity contribution in [2.24, 2.45) is 7.05 Å². The van der Waals surface area contributed by atoms with Crippen molar-refractivity contribution in [2.75, 3.05) is 13.7 Å². The third-order valence-electron chi connectivity index (χ3n) is 5.62. The second kappa shape index (κ2) is 8.57. The topological polar surface area (TPSA) is 79.0 Å². The van der Waals surface area contributed by atoms with Crippen LogP contribution >= 0.6 is 0 Å². The van der Waals surface area contributed by atoms with E-state index in [2.05, 4.69) is 30.0 Å². The maximum absolute atomic E-state index is 6.21. The molecular weight excluding hydrogens is 380 g/mol. The normalized spacial score (nSPS) is 17.9. The minimum atomic E-state index is -0.0998. The molecule has 0 aliphatic carbocycles. The molecule has 0 aromatic carbocycles. The van der Waals surface area contributed by atoms with Gasteiger partial charge in [0.1, 0.15) is 0 Å². The fraction of sp³-hybridized carbons (Fsp3) is 0.500. The fourth-order valence-electron chi connectivity index (χ4n) is 4.03. The number of hydrogen-bond donors (Lipinski definition) is 1. The molecule has 160 valence electrons. The maximum Gasteiger partial charge on any atom is 0.223 e. The van der Waals surface area contributed by atoms with Gasteiger partial charge in [0.25, 0.3) is 0 Å². The van der Waals surface area contributed by atoms with Crippen LogP contribution in [-0.4, -0.2) is 44.4 Å². The van der Waals surface area contributed by atoms with Crippen LogP contribution in [0.1, 0.15) is 50.2 Å². The number of fused-ring (bicyclic) bond motifs is 1. The Morgan fingerprint density at radius 3 is 2.90 bits per heavy atom. The second-order valence-corrected chi connectivity index (χ2v) is 7.63. The molecule has 0 bridgehead atoms. The summed E-state index contributed by atoms with van der Waals surface area (Å²) in [6.07, 6.45) is 7.53. The lowest BCUT2D eigenvalue weighted by molar-refractivity contribution is -0.0367. The van der Waals surface area contributed by atoms with E-state index in [0.717, 1.165) is 65.8 Å². The van der Waals surface area contributed by atoms with E-state index in [1.807, 2.05) is 31.9 Å². The van der Waals surface area contributed by atoms with Crippen molar-refractivity contribution in [3.8, 4) is 17.1 Å². The second-order valence-electron chi connectivity index (χ2n) is 7.63. The van der Waals surface area contributed by atoms with E-state index in [4.69, 9.17) is 19.6 Å². The summed E-state index contributed by atoms with van der Waals surface area (Å²) in [4.78, 5) is 4.77. The van der Waals surface area contributed by atoms with Crippen LogP contribution in [0.4, 0.5) is 0 Å². The summed E-state index contributed by atoms with van der Waals surface area (Å²) in [5.41, 5.74) is 4.35. The van der Waals surface area contributed by atoms with E-state index in [0.29, 0.717) is 5.88 Å². The summed E-state index contributed by atoms with van der Waals surface area (Å²) < 4.78 is 15.9. The van der Waals surface area contributed by atoms with Crippen molar-refractivity contribution in [3.05, 3.63) is 30.2 Å². The van der Waals surface area contributed by atoms with Crippen molar-refractivity contribution >= 4 is 17.0 Å². The molecule has 0 radical (unpaired) electrons. The molecule has 2 atom stereocenters. The largest absolute Gasteiger partial charge is 0.458 e. The third kappa shape index (κ3) is 3.61. The van der Waals surface area contributed by atoms with Crippen LogP contribution in [0.15, 0.2) is 18.8 Å². The van der Waals surface area contributed by atoms with Crippen LogP contribution in [-0.2, 0) is 11.8 Å². The molecule has 3 aromatic rings. The van der Waals surface area contributed by atoms with E-state index in [9.17, 15) is 0 Å². The molecule has 30 heavy (non-hydrogen) atoms. The molecule has 4 rings (SSSR count). The first-order valence-electron chi connectivity index (χ1n) is 10.6. The highest BCUT2D eigenvalue weighted by atomic mass is 16.5. The lowest BCUT2D eigenvalue weighted by Crippen LogP contribution is -2.31. The zero-order chi connectivity index (χ0) is 21.3. The average molecular weight is 411 g/mol. The summed E-state index contributed by atoms with van der Waals surface area (Å²) in [6.45, 7) is 8.77. The highest BCUT2D eigenvalue weighted by molar-refractivity contribution is 5.90. The molecule has 0 spiro atoms. The molecule has 1 aliphatic heterocycles. The molecule has 0 saturated carbocycles. The van der Waals surface area contributed by atoms with E-state index < -0.39 is 0 Å². The standard InChI is InChI=1S/C22H30N6O2/c1-6-16-15-12-17(21-14(3)25-27(5)22(21)30-19(7-2)23-4)24-13-18(15)28(26-16)20-10-8-9-11-29-20/h6,12-13,19-20,23H,1,7-11H2,2-5H3. The Labute approximate surface area is 176 Å². The first-order valence-corrected chi connectivity index (χ1v) is 10.6. The monoisotopic (exact) mass is 410 g/mol. The molecule has 3 aromatic heterocycles. The van der Waals surface area contributed by atoms with Gasteiger partial charge in [-0.3, -0.25) is 10.3 Å². The highest BCUT2D eigenvalue weighted by Crippen LogP contribution is 2.35. The summed E-state index contributed by atoms with van der Waals surface area (Å²) >= 11 is 0. The maximum atomic E-state index is 6.21. The Bertz CT molecular complexity index is 1040. The van der Waals surface area contributed by atoms with Gasteiger partial charge in [-0.15, -0.1) is 0 Å². The number of pyridine rings is 1. The van der Waals surface area contributed by atoms with Gasteiger partial charge in [-0.1, -0.05) is 13.5 Å². The Hall–Kier alpha value is -2.71. The molecule has 1 N–H and O–H groups in total. The van der Waals surface area contributed by atoms with Gasteiger partial charge in [-0.05, 0) is 51.8 Å². The molecule has 8 nitrogen and oxygen atoms in total. The Morgan fingerprint density at radius 1 is 1.40 bits per heavy atom. The van der Waals surface area contributed by atoms with E-state index >= 15 is 0 Å². The smallest absolute Gasteiger partial charge is 0.223 e. The number of hydrogen-bond acceptors (Lipinski definition) is 6. The average Bonchev–Trinajstić information content (AvgIpc) is 3.28. The van der Waals surface area contributed by atoms with E-state index in [1.54, 1.807) is 10.8 Å². The fourth-order valence-corrected chi connectivity index (χ4v) is 4.03. The Morgan fingerprint density at radius 2 is 2.23 bits per heavy atom. The van der Waals surface area contributed by atoms with Crippen LogP contribution in [0.2, 0.25) is 0 Å². The van der Waals surface area contributed by atoms with Crippen LogP contribution in [0, 0.1) is 6.92 Å². The van der Waals surface area contributed by atoms with Crippen LogP contribution in [0.5, 0.6) is 5.88 Å². The zero-order valence-corrected chi connectivity index (χ0v) is 18.2. The summed E-state index contributed by atoms with van der Waals surface area (Å²) in [7, 11) is 3.78. The molecule has 8 heteroatoms. The van der Waals surface area contributed by atoms with Crippen molar-refractivity contribution in [2.45, 2.75) is 52.0 Å². The van der Waals surface area contributed by atoms with Gasteiger partial charge < -0.3 is 9.47 Å². The lowest BCUT2D eigenvalue weighted by Gasteiger charge is -2.23. The third-order valence-corrected chi connectivity index (χ3v) is 5.62. The molecule has 4 heterocycles. The molecule has 0 amide bonds. The van der Waals surface area contributed by atoms with Gasteiger partial charge in [0.15, 0.2) is 12.5 Å². The molecule has 1 saturated heterocycles. The zero-order valence-electron chi connectivity index (χ0n) is 18.2. The van der Waals surface area contributed by atoms with Crippen LogP contribution in [0.25, 0.3) is 28.2 Å². The van der Waals surface area contributed by atoms with Gasteiger partial charge in [-0.2, -0.15) is 10.2 Å². The van der Waals surface area contributed by atoms with Crippen molar-refractivity contribution in [1.82, 2.24) is 29.9 Å². The number of aryl methyl sites for hydroxylation is 2. The lowest BCUT2D eigenvalue weighted by atomic mass is 10.1. The number of aromatic nitrogens is 5. The van der Waals surface area contributed by atoms with Gasteiger partial charge in [0, 0.05) is 19.0 Å². The first-order chi connectivity index (χ1) is 14.6. The van der Waals surface area contributed by atoms with Crippen molar-refractivity contribution in [1.29, 1.82) is 0 Å². The van der Waals surface area contributed by atoms with E-state index in [1.165, 1.54) is 0 Å². The van der Waals surface area contributed by atoms with Crippen LogP contribution < -0.4 is 10.1 Å². The predicted molar refractivity (Wildman–Crippen MR) is 117 cm³/mol. The molecule has 1 fully saturated rings. The van der Waals surface area contributed by atoms with Gasteiger partial charge in [0.2, 0.25) is 5.88 Å². The minimum absolute atomic E-state index is 0.0532. The quantitative estimate of drug-likeness (QED) is 0.597. The Balaban J connectivity index is 1.80. The number of nitrogens with zero attached hydrogens (tertiary/aromatic N) is 5. The number of nitrogens with one attached hydrogen (secondary N) is 1. The molecule has 1 aliphatic rings. The van der Waals surface area contributed by atoms with Crippen molar-refractivity contribution in [3.63, 3.8) is 0 Å². The molecule has 2 unspecified atom stereocenters. The minimum Gasteiger partial charge on any atom is -0.458 e. The van der Waals surface area contributed by atoms with Gasteiger partial charge in [0.05, 0.1) is 34.4 Å². The number of rotatable bonds is 7. The van der Waals surface area contributed by atoms with Crippen molar-refractivity contribution < 1.29 is 9.47 Å². The molecular formula is C22H30N6O2. The Kier molecular flexibility index (Phi) is 5.87. The summed E-state index contributed by atoms with van der Waals surface area (Å²) in [6, 6.07) is 2.05. The van der Waals surface area contributed by atoms with Gasteiger partial charge in [-0.25, -0.2) is 9.36 Å². The van der Waals surface area contributed by atoms with Crippen LogP contribution in [0.3, 0.4) is 0 Å². The summed E-state index contributed by atoms with van der Waals surface area (Å²) in [5.74, 6) is 0.698. The predicted octanol–water partition coefficient (Wildman–Crippen LogP) is 3.82. The van der Waals surface area contributed by atoms with Gasteiger partial charge >= 0.3 is 0 Å². The first kappa shape index (κ1) is 20.6. The summed E-state index contributed by atoms with van der Waals surface area (Å²) in [5, 5.41) is 13.5. The van der Waals surface area contributed by atoms with E-state index in [-0.39, 0.29) is 12.5 Å².